The lowest BCUT2D eigenvalue weighted by Gasteiger charge is -2.10. The van der Waals surface area contributed by atoms with E-state index >= 15 is 0 Å². The molecule has 1 unspecified atom stereocenters. The van der Waals surface area contributed by atoms with Crippen LogP contribution in [0.2, 0.25) is 0 Å². The molecule has 0 saturated carbocycles. The molecule has 0 spiro atoms. The minimum Gasteiger partial charge on any atom is -0.326 e. The summed E-state index contributed by atoms with van der Waals surface area (Å²) in [6, 6.07) is 6.91. The van der Waals surface area contributed by atoms with Crippen LogP contribution in [-0.2, 0) is 0 Å². The van der Waals surface area contributed by atoms with Gasteiger partial charge >= 0.3 is 6.03 Å². The second kappa shape index (κ2) is 4.77. The van der Waals surface area contributed by atoms with Crippen LogP contribution in [0, 0.1) is 6.92 Å². The summed E-state index contributed by atoms with van der Waals surface area (Å²) in [5.74, 6) is -0.291. The van der Waals surface area contributed by atoms with Crippen LogP contribution in [-0.4, -0.2) is 23.7 Å². The van der Waals surface area contributed by atoms with Gasteiger partial charge < -0.3 is 10.6 Å². The third-order valence-electron chi connectivity index (χ3n) is 3.14. The Morgan fingerprint density at radius 1 is 1.35 bits per heavy atom. The number of carbonyl (C=O) groups excluding carboxylic acids is 2. The molecule has 20 heavy (non-hydrogen) atoms. The van der Waals surface area contributed by atoms with E-state index in [2.05, 4.69) is 15.6 Å². The summed E-state index contributed by atoms with van der Waals surface area (Å²) in [6.07, 6.45) is 5.24. The van der Waals surface area contributed by atoms with Crippen LogP contribution in [0.1, 0.15) is 15.9 Å². The third-order valence-corrected chi connectivity index (χ3v) is 3.14. The standard InChI is InChI=1S/C15H13N3O2/c1-9-3-2-4-10(7-9)14(19)16-11-5-6-12-13(8-11)18-15(20)17-12/h2-8,12H,1H3,(H2,17,18,20). The Labute approximate surface area is 116 Å². The van der Waals surface area contributed by atoms with Gasteiger partial charge in [-0.2, -0.15) is 0 Å². The van der Waals surface area contributed by atoms with Crippen LogP contribution >= 0.6 is 0 Å². The Morgan fingerprint density at radius 2 is 2.20 bits per heavy atom. The fourth-order valence-electron chi connectivity index (χ4n) is 2.17. The van der Waals surface area contributed by atoms with E-state index in [9.17, 15) is 9.59 Å². The molecule has 1 aliphatic carbocycles. The highest BCUT2D eigenvalue weighted by Crippen LogP contribution is 2.14. The van der Waals surface area contributed by atoms with Crippen molar-refractivity contribution in [1.29, 1.82) is 0 Å². The maximum absolute atomic E-state index is 12.1. The zero-order chi connectivity index (χ0) is 14.1. The van der Waals surface area contributed by atoms with Gasteiger partial charge in [0.1, 0.15) is 0 Å². The number of aliphatic imine (C=N–C) groups is 1. The minimum absolute atomic E-state index is 0.143. The highest BCUT2D eigenvalue weighted by molar-refractivity contribution is 6.14. The predicted octanol–water partition coefficient (Wildman–Crippen LogP) is 1.71. The number of hydrogen-bond donors (Lipinski definition) is 2. The molecule has 1 atom stereocenters. The predicted molar refractivity (Wildman–Crippen MR) is 75.6 cm³/mol. The van der Waals surface area contributed by atoms with E-state index in [-0.39, 0.29) is 18.0 Å². The second-order valence-electron chi connectivity index (χ2n) is 4.75. The fraction of sp³-hybridized carbons (Fsp3) is 0.133. The summed E-state index contributed by atoms with van der Waals surface area (Å²) in [5.41, 5.74) is 2.82. The van der Waals surface area contributed by atoms with Gasteiger partial charge in [0.25, 0.3) is 5.91 Å². The first-order valence-corrected chi connectivity index (χ1v) is 6.29. The minimum atomic E-state index is -0.291. The molecule has 1 fully saturated rings. The maximum Gasteiger partial charge on any atom is 0.319 e. The molecule has 1 saturated heterocycles. The van der Waals surface area contributed by atoms with Gasteiger partial charge in [-0.25, -0.2) is 9.79 Å². The van der Waals surface area contributed by atoms with Crippen molar-refractivity contribution in [3.63, 3.8) is 0 Å². The molecule has 1 aromatic carbocycles. The number of nitrogens with zero attached hydrogens (tertiary/aromatic N) is 1. The number of benzene rings is 1. The van der Waals surface area contributed by atoms with E-state index in [0.29, 0.717) is 17.0 Å². The van der Waals surface area contributed by atoms with Gasteiger partial charge in [-0.15, -0.1) is 0 Å². The molecule has 0 radical (unpaired) electrons. The number of hydrogen-bond acceptors (Lipinski definition) is 2. The number of amides is 3. The first kappa shape index (κ1) is 12.3. The Bertz CT molecular complexity index is 686. The molecule has 0 aromatic heterocycles. The van der Waals surface area contributed by atoms with Gasteiger partial charge in [0.15, 0.2) is 0 Å². The van der Waals surface area contributed by atoms with Crippen LogP contribution < -0.4 is 10.6 Å². The van der Waals surface area contributed by atoms with Crippen LogP contribution in [0.3, 0.4) is 0 Å². The number of allylic oxidation sites excluding steroid dienone is 2. The summed E-state index contributed by atoms with van der Waals surface area (Å²) in [6.45, 7) is 1.93. The SMILES string of the molecule is Cc1cccc(C(=O)N=C2C=CC3NC(=O)NC3=C2)c1. The van der Waals surface area contributed by atoms with Crippen molar-refractivity contribution in [3.05, 3.63) is 59.3 Å². The number of nitrogens with one attached hydrogen (secondary N) is 2. The summed E-state index contributed by atoms with van der Waals surface area (Å²) in [5, 5.41) is 5.40. The van der Waals surface area contributed by atoms with E-state index < -0.39 is 0 Å². The van der Waals surface area contributed by atoms with Gasteiger partial charge in [0.05, 0.1) is 11.8 Å². The summed E-state index contributed by atoms with van der Waals surface area (Å²) in [4.78, 5) is 27.3. The molecular formula is C15H13N3O2. The lowest BCUT2D eigenvalue weighted by Crippen LogP contribution is -2.25. The Hall–Kier alpha value is -2.69. The maximum atomic E-state index is 12.1. The lowest BCUT2D eigenvalue weighted by atomic mass is 10.1. The van der Waals surface area contributed by atoms with E-state index in [4.69, 9.17) is 0 Å². The zero-order valence-electron chi connectivity index (χ0n) is 10.9. The molecule has 0 bridgehead atoms. The molecule has 2 aliphatic rings. The molecule has 1 aromatic rings. The van der Waals surface area contributed by atoms with Crippen molar-refractivity contribution in [2.45, 2.75) is 13.0 Å². The zero-order valence-corrected chi connectivity index (χ0v) is 10.9. The molecule has 5 nitrogen and oxygen atoms in total. The molecule has 2 N–H and O–H groups in total. The average Bonchev–Trinajstić information content (AvgIpc) is 2.78. The van der Waals surface area contributed by atoms with Gasteiger partial charge in [0, 0.05) is 11.3 Å². The van der Waals surface area contributed by atoms with Crippen LogP contribution in [0.4, 0.5) is 4.79 Å². The molecule has 5 heteroatoms. The van der Waals surface area contributed by atoms with Crippen molar-refractivity contribution in [3.8, 4) is 0 Å². The normalized spacial score (nSPS) is 22.1. The van der Waals surface area contributed by atoms with E-state index in [1.165, 1.54) is 0 Å². The first-order valence-electron chi connectivity index (χ1n) is 6.29. The van der Waals surface area contributed by atoms with Crippen molar-refractivity contribution < 1.29 is 9.59 Å². The fourth-order valence-corrected chi connectivity index (χ4v) is 2.17. The highest BCUT2D eigenvalue weighted by atomic mass is 16.2. The van der Waals surface area contributed by atoms with E-state index in [1.54, 1.807) is 30.4 Å². The molecule has 100 valence electrons. The summed E-state index contributed by atoms with van der Waals surface area (Å²) in [7, 11) is 0. The third kappa shape index (κ3) is 2.38. The van der Waals surface area contributed by atoms with Gasteiger partial charge in [-0.05, 0) is 31.2 Å². The quantitative estimate of drug-likeness (QED) is 0.813. The summed E-state index contributed by atoms with van der Waals surface area (Å²) < 4.78 is 0. The smallest absolute Gasteiger partial charge is 0.319 e. The Morgan fingerprint density at radius 3 is 3.00 bits per heavy atom. The topological polar surface area (TPSA) is 70.6 Å². The molecule has 1 heterocycles. The molecule has 1 aliphatic heterocycles. The summed E-state index contributed by atoms with van der Waals surface area (Å²) >= 11 is 0. The molecular weight excluding hydrogens is 254 g/mol. The number of urea groups is 1. The second-order valence-corrected chi connectivity index (χ2v) is 4.75. The van der Waals surface area contributed by atoms with Crippen molar-refractivity contribution in [1.82, 2.24) is 10.6 Å². The monoisotopic (exact) mass is 267 g/mol. The largest absolute Gasteiger partial charge is 0.326 e. The van der Waals surface area contributed by atoms with Crippen molar-refractivity contribution in [2.24, 2.45) is 4.99 Å². The van der Waals surface area contributed by atoms with Gasteiger partial charge in [-0.3, -0.25) is 4.79 Å². The highest BCUT2D eigenvalue weighted by Gasteiger charge is 2.26. The van der Waals surface area contributed by atoms with Gasteiger partial charge in [0.2, 0.25) is 0 Å². The number of fused-ring (bicyclic) bond motifs is 1. The number of rotatable bonds is 1. The molecule has 3 amide bonds. The molecule has 3 rings (SSSR count). The van der Waals surface area contributed by atoms with E-state index in [0.717, 1.165) is 5.56 Å². The van der Waals surface area contributed by atoms with E-state index in [1.807, 2.05) is 19.1 Å². The van der Waals surface area contributed by atoms with Gasteiger partial charge in [-0.1, -0.05) is 23.8 Å². The van der Waals surface area contributed by atoms with Crippen LogP contribution in [0.15, 0.2) is 53.2 Å². The Balaban J connectivity index is 1.85. The first-order chi connectivity index (χ1) is 9.61. The lowest BCUT2D eigenvalue weighted by molar-refractivity contribution is 0.100. The van der Waals surface area contributed by atoms with Crippen molar-refractivity contribution >= 4 is 17.6 Å². The van der Waals surface area contributed by atoms with Crippen molar-refractivity contribution in [2.75, 3.05) is 0 Å². The number of aryl methyl sites for hydroxylation is 1. The van der Waals surface area contributed by atoms with Crippen LogP contribution in [0.25, 0.3) is 0 Å². The van der Waals surface area contributed by atoms with Crippen LogP contribution in [0.5, 0.6) is 0 Å². The average molecular weight is 267 g/mol. The number of carbonyl (C=O) groups is 2. The Kier molecular flexibility index (Phi) is 2.95.